The van der Waals surface area contributed by atoms with Crippen molar-refractivity contribution in [2.45, 2.75) is 37.7 Å². The molecule has 1 aliphatic carbocycles. The van der Waals surface area contributed by atoms with Crippen LogP contribution in [0.5, 0.6) is 0 Å². The Labute approximate surface area is 120 Å². The Hall–Kier alpha value is -0.940. The molecule has 1 N–H and O–H groups in total. The van der Waals surface area contributed by atoms with Gasteiger partial charge in [-0.05, 0) is 19.8 Å². The van der Waals surface area contributed by atoms with Crippen LogP contribution in [-0.2, 0) is 15.3 Å². The van der Waals surface area contributed by atoms with E-state index in [0.717, 1.165) is 18.7 Å². The van der Waals surface area contributed by atoms with Gasteiger partial charge < -0.3 is 14.6 Å². The van der Waals surface area contributed by atoms with Crippen molar-refractivity contribution in [1.29, 1.82) is 0 Å². The molecule has 0 amide bonds. The molecule has 1 aromatic carbocycles. The Morgan fingerprint density at radius 2 is 2.05 bits per heavy atom. The molecule has 1 aromatic rings. The summed E-state index contributed by atoms with van der Waals surface area (Å²) in [6.45, 7) is 4.37. The number of hydrogen-bond acceptors (Lipinski definition) is 4. The average Bonchev–Trinajstić information content (AvgIpc) is 3.24. The van der Waals surface area contributed by atoms with Crippen LogP contribution in [0, 0.1) is 0 Å². The fraction of sp³-hybridized carbons (Fsp3) is 0.625. The fourth-order valence-corrected chi connectivity index (χ4v) is 2.87. The predicted molar refractivity (Wildman–Crippen MR) is 76.3 cm³/mol. The standard InChI is InChI=1S/C16H23NO3/c1-16(13-5-3-2-4-6-13)19-12-15(20-16)11-17(9-10-18)14-7-8-14/h2-6,14-15,18H,7-12H2,1H3. The van der Waals surface area contributed by atoms with Crippen LogP contribution in [0.15, 0.2) is 30.3 Å². The van der Waals surface area contributed by atoms with Crippen molar-refractivity contribution in [1.82, 2.24) is 4.90 Å². The molecule has 2 atom stereocenters. The van der Waals surface area contributed by atoms with Gasteiger partial charge in [-0.2, -0.15) is 0 Å². The molecule has 0 spiro atoms. The van der Waals surface area contributed by atoms with E-state index >= 15 is 0 Å². The van der Waals surface area contributed by atoms with Gasteiger partial charge in [0.2, 0.25) is 0 Å². The molecule has 0 aromatic heterocycles. The second-order valence-corrected chi connectivity index (χ2v) is 5.81. The number of aliphatic hydroxyl groups excluding tert-OH is 1. The minimum absolute atomic E-state index is 0.0763. The lowest BCUT2D eigenvalue weighted by molar-refractivity contribution is -0.163. The lowest BCUT2D eigenvalue weighted by atomic mass is 10.1. The van der Waals surface area contributed by atoms with Crippen LogP contribution in [0.3, 0.4) is 0 Å². The molecule has 0 radical (unpaired) electrons. The van der Waals surface area contributed by atoms with Gasteiger partial charge >= 0.3 is 0 Å². The second-order valence-electron chi connectivity index (χ2n) is 5.81. The zero-order valence-corrected chi connectivity index (χ0v) is 12.0. The van der Waals surface area contributed by atoms with Crippen molar-refractivity contribution in [3.63, 3.8) is 0 Å². The summed E-state index contributed by atoms with van der Waals surface area (Å²) in [5.74, 6) is -0.639. The SMILES string of the molecule is CC1(c2ccccc2)OCC(CN(CCO)C2CC2)O1. The van der Waals surface area contributed by atoms with E-state index in [9.17, 15) is 0 Å². The molecule has 4 heteroatoms. The molecule has 2 fully saturated rings. The largest absolute Gasteiger partial charge is 0.395 e. The van der Waals surface area contributed by atoms with Gasteiger partial charge in [-0.3, -0.25) is 4.90 Å². The quantitative estimate of drug-likeness (QED) is 0.860. The first-order chi connectivity index (χ1) is 9.71. The fourth-order valence-electron chi connectivity index (χ4n) is 2.87. The van der Waals surface area contributed by atoms with Crippen molar-refractivity contribution in [2.75, 3.05) is 26.3 Å². The van der Waals surface area contributed by atoms with Crippen molar-refractivity contribution in [3.05, 3.63) is 35.9 Å². The molecule has 110 valence electrons. The summed E-state index contributed by atoms with van der Waals surface area (Å²) < 4.78 is 12.1. The molecule has 1 aliphatic heterocycles. The summed E-state index contributed by atoms with van der Waals surface area (Å²) in [4.78, 5) is 2.32. The molecular weight excluding hydrogens is 254 g/mol. The molecule has 4 nitrogen and oxygen atoms in total. The molecule has 1 saturated heterocycles. The highest BCUT2D eigenvalue weighted by Gasteiger charge is 2.40. The van der Waals surface area contributed by atoms with E-state index in [1.54, 1.807) is 0 Å². The zero-order chi connectivity index (χ0) is 14.0. The van der Waals surface area contributed by atoms with Crippen LogP contribution in [-0.4, -0.2) is 48.5 Å². The van der Waals surface area contributed by atoms with Crippen molar-refractivity contribution in [2.24, 2.45) is 0 Å². The number of benzene rings is 1. The van der Waals surface area contributed by atoms with Gasteiger partial charge in [0.1, 0.15) is 0 Å². The third kappa shape index (κ3) is 3.04. The van der Waals surface area contributed by atoms with Crippen LogP contribution in [0.4, 0.5) is 0 Å². The van der Waals surface area contributed by atoms with Gasteiger partial charge in [-0.25, -0.2) is 0 Å². The third-order valence-corrected chi connectivity index (χ3v) is 4.12. The smallest absolute Gasteiger partial charge is 0.192 e. The van der Waals surface area contributed by atoms with E-state index < -0.39 is 5.79 Å². The maximum atomic E-state index is 9.15. The highest BCUT2D eigenvalue weighted by molar-refractivity contribution is 5.20. The highest BCUT2D eigenvalue weighted by atomic mass is 16.7. The Balaban J connectivity index is 1.61. The van der Waals surface area contributed by atoms with E-state index in [4.69, 9.17) is 14.6 Å². The number of hydrogen-bond donors (Lipinski definition) is 1. The second kappa shape index (κ2) is 5.82. The number of ether oxygens (including phenoxy) is 2. The minimum atomic E-state index is -0.639. The Morgan fingerprint density at radius 1 is 1.30 bits per heavy atom. The molecule has 2 unspecified atom stereocenters. The molecule has 1 heterocycles. The molecular formula is C16H23NO3. The maximum absolute atomic E-state index is 9.15. The number of rotatable bonds is 6. The summed E-state index contributed by atoms with van der Waals surface area (Å²) in [5, 5.41) is 9.15. The Kier molecular flexibility index (Phi) is 4.08. The van der Waals surface area contributed by atoms with Crippen LogP contribution >= 0.6 is 0 Å². The van der Waals surface area contributed by atoms with Gasteiger partial charge in [0.05, 0.1) is 19.3 Å². The first-order valence-electron chi connectivity index (χ1n) is 7.43. The van der Waals surface area contributed by atoms with Crippen LogP contribution in [0.25, 0.3) is 0 Å². The lowest BCUT2D eigenvalue weighted by Crippen LogP contribution is -2.38. The number of aliphatic hydroxyl groups is 1. The van der Waals surface area contributed by atoms with E-state index in [2.05, 4.69) is 4.90 Å². The molecule has 20 heavy (non-hydrogen) atoms. The van der Waals surface area contributed by atoms with Crippen LogP contribution in [0.1, 0.15) is 25.3 Å². The Bertz CT molecular complexity index is 435. The molecule has 3 rings (SSSR count). The summed E-state index contributed by atoms with van der Waals surface area (Å²) >= 11 is 0. The highest BCUT2D eigenvalue weighted by Crippen LogP contribution is 2.35. The van der Waals surface area contributed by atoms with Crippen molar-refractivity contribution in [3.8, 4) is 0 Å². The first kappa shape index (κ1) is 14.0. The molecule has 1 saturated carbocycles. The van der Waals surface area contributed by atoms with E-state index in [1.807, 2.05) is 37.3 Å². The number of nitrogens with zero attached hydrogens (tertiary/aromatic N) is 1. The van der Waals surface area contributed by atoms with E-state index in [0.29, 0.717) is 12.6 Å². The predicted octanol–water partition coefficient (Wildman–Crippen LogP) is 1.73. The monoisotopic (exact) mass is 277 g/mol. The topological polar surface area (TPSA) is 41.9 Å². The normalized spacial score (nSPS) is 30.1. The maximum Gasteiger partial charge on any atom is 0.192 e. The first-order valence-corrected chi connectivity index (χ1v) is 7.43. The van der Waals surface area contributed by atoms with Gasteiger partial charge in [-0.1, -0.05) is 30.3 Å². The molecule has 0 bridgehead atoms. The lowest BCUT2D eigenvalue weighted by Gasteiger charge is -2.26. The third-order valence-electron chi connectivity index (χ3n) is 4.12. The van der Waals surface area contributed by atoms with Crippen LogP contribution < -0.4 is 0 Å². The minimum Gasteiger partial charge on any atom is -0.395 e. The Morgan fingerprint density at radius 3 is 2.70 bits per heavy atom. The average molecular weight is 277 g/mol. The van der Waals surface area contributed by atoms with Crippen molar-refractivity contribution >= 4 is 0 Å². The van der Waals surface area contributed by atoms with Gasteiger partial charge in [0, 0.05) is 24.7 Å². The zero-order valence-electron chi connectivity index (χ0n) is 12.0. The summed E-state index contributed by atoms with van der Waals surface area (Å²) in [7, 11) is 0. The van der Waals surface area contributed by atoms with E-state index in [-0.39, 0.29) is 12.7 Å². The summed E-state index contributed by atoms with van der Waals surface area (Å²) in [6.07, 6.45) is 2.56. The summed E-state index contributed by atoms with van der Waals surface area (Å²) in [5.41, 5.74) is 1.06. The van der Waals surface area contributed by atoms with Gasteiger partial charge in [0.15, 0.2) is 5.79 Å². The van der Waals surface area contributed by atoms with Crippen LogP contribution in [0.2, 0.25) is 0 Å². The van der Waals surface area contributed by atoms with E-state index in [1.165, 1.54) is 12.8 Å². The van der Waals surface area contributed by atoms with Gasteiger partial charge in [0.25, 0.3) is 0 Å². The van der Waals surface area contributed by atoms with Crippen molar-refractivity contribution < 1.29 is 14.6 Å². The summed E-state index contributed by atoms with van der Waals surface area (Å²) in [6, 6.07) is 10.7. The molecule has 2 aliphatic rings. The van der Waals surface area contributed by atoms with Gasteiger partial charge in [-0.15, -0.1) is 0 Å².